The summed E-state index contributed by atoms with van der Waals surface area (Å²) in [7, 11) is -1.92. The Balaban J connectivity index is 1.86. The van der Waals surface area contributed by atoms with E-state index in [4.69, 9.17) is 0 Å². The van der Waals surface area contributed by atoms with Crippen LogP contribution in [-0.2, 0) is 23.8 Å². The van der Waals surface area contributed by atoms with Crippen molar-refractivity contribution in [2.45, 2.75) is 19.3 Å². The Morgan fingerprint density at radius 3 is 2.53 bits per heavy atom. The first-order valence-electron chi connectivity index (χ1n) is 6.54. The van der Waals surface area contributed by atoms with Crippen molar-refractivity contribution < 1.29 is 4.57 Å². The van der Waals surface area contributed by atoms with Gasteiger partial charge in [-0.3, -0.25) is 0 Å². The molecule has 1 aromatic carbocycles. The second-order valence-electron chi connectivity index (χ2n) is 5.27. The van der Waals surface area contributed by atoms with Crippen LogP contribution in [0.1, 0.15) is 16.3 Å². The monoisotopic (exact) mass is 293 g/mol. The van der Waals surface area contributed by atoms with Gasteiger partial charge >= 0.3 is 0 Å². The Labute approximate surface area is 119 Å². The van der Waals surface area contributed by atoms with E-state index in [2.05, 4.69) is 34.6 Å². The number of benzene rings is 1. The summed E-state index contributed by atoms with van der Waals surface area (Å²) in [4.78, 5) is 4.63. The van der Waals surface area contributed by atoms with Gasteiger partial charge in [0.2, 0.25) is 0 Å². The molecule has 0 atom stereocenters. The van der Waals surface area contributed by atoms with Gasteiger partial charge in [0.15, 0.2) is 0 Å². The molecule has 1 heterocycles. The molecule has 0 aliphatic heterocycles. The molecule has 0 spiro atoms. The van der Waals surface area contributed by atoms with E-state index < -0.39 is 7.14 Å². The lowest BCUT2D eigenvalue weighted by atomic mass is 10.1. The topological polar surface area (TPSA) is 30.0 Å². The fourth-order valence-electron chi connectivity index (χ4n) is 1.86. The van der Waals surface area contributed by atoms with Crippen molar-refractivity contribution in [2.24, 2.45) is 0 Å². The van der Waals surface area contributed by atoms with Crippen LogP contribution >= 0.6 is 18.5 Å². The smallest absolute Gasteiger partial charge is 0.0932 e. The maximum Gasteiger partial charge on any atom is 0.0932 e. The molecule has 1 aromatic heterocycles. The lowest BCUT2D eigenvalue weighted by Gasteiger charge is -2.03. The van der Waals surface area contributed by atoms with Crippen molar-refractivity contribution in [1.29, 1.82) is 0 Å². The Kier molecular flexibility index (Phi) is 4.95. The molecule has 102 valence electrons. The van der Waals surface area contributed by atoms with Gasteiger partial charge in [0, 0.05) is 18.0 Å². The Hall–Kier alpha value is -0.920. The first-order chi connectivity index (χ1) is 9.03. The Morgan fingerprint density at radius 2 is 1.84 bits per heavy atom. The number of hydrogen-bond acceptors (Lipinski definition) is 3. The summed E-state index contributed by atoms with van der Waals surface area (Å²) >= 11 is 1.69. The van der Waals surface area contributed by atoms with Gasteiger partial charge in [0.1, 0.15) is 0 Å². The zero-order chi connectivity index (χ0) is 13.7. The summed E-state index contributed by atoms with van der Waals surface area (Å²) in [5, 5.41) is 3.25. The van der Waals surface area contributed by atoms with Crippen LogP contribution in [0.4, 0.5) is 0 Å². The normalized spacial score (nSPS) is 11.7. The van der Waals surface area contributed by atoms with Crippen LogP contribution in [0.3, 0.4) is 0 Å². The van der Waals surface area contributed by atoms with Gasteiger partial charge in [-0.2, -0.15) is 0 Å². The minimum atomic E-state index is -1.92. The molecule has 2 nitrogen and oxygen atoms in total. The van der Waals surface area contributed by atoms with E-state index in [1.807, 2.05) is 19.4 Å². The third kappa shape index (κ3) is 5.30. The molecule has 19 heavy (non-hydrogen) atoms. The molecular weight excluding hydrogens is 273 g/mol. The zero-order valence-electron chi connectivity index (χ0n) is 11.5. The van der Waals surface area contributed by atoms with Crippen LogP contribution in [0, 0.1) is 0 Å². The second-order valence-corrected chi connectivity index (χ2v) is 9.80. The van der Waals surface area contributed by atoms with Crippen molar-refractivity contribution in [2.75, 3.05) is 19.5 Å². The number of nitrogens with zero attached hydrogens (tertiary/aromatic N) is 1. The van der Waals surface area contributed by atoms with E-state index in [9.17, 15) is 4.57 Å². The van der Waals surface area contributed by atoms with Crippen molar-refractivity contribution in [3.8, 4) is 0 Å². The summed E-state index contributed by atoms with van der Waals surface area (Å²) < 4.78 is 11.7. The minimum Gasteiger partial charge on any atom is -0.324 e. The van der Waals surface area contributed by atoms with Gasteiger partial charge in [-0.15, -0.1) is 11.3 Å². The van der Waals surface area contributed by atoms with Gasteiger partial charge in [-0.1, -0.05) is 30.3 Å². The van der Waals surface area contributed by atoms with Gasteiger partial charge in [0.05, 0.1) is 17.8 Å². The average Bonchev–Trinajstić information content (AvgIpc) is 2.82. The summed E-state index contributed by atoms with van der Waals surface area (Å²) in [5.41, 5.74) is 2.51. The fourth-order valence-corrected chi connectivity index (χ4v) is 3.59. The second kappa shape index (κ2) is 6.49. The maximum atomic E-state index is 11.7. The molecular formula is C15H20NOPS. The number of hydrogen-bond donors (Lipinski definition) is 0. The lowest BCUT2D eigenvalue weighted by Crippen LogP contribution is -1.95. The van der Waals surface area contributed by atoms with E-state index in [-0.39, 0.29) is 0 Å². The van der Waals surface area contributed by atoms with Crippen molar-refractivity contribution in [3.63, 3.8) is 0 Å². The van der Waals surface area contributed by atoms with Gasteiger partial charge in [-0.05, 0) is 31.7 Å². The molecule has 0 aliphatic rings. The number of aryl methyl sites for hydroxylation is 3. The highest BCUT2D eigenvalue weighted by Gasteiger charge is 2.09. The predicted octanol–water partition coefficient (Wildman–Crippen LogP) is 4.09. The zero-order valence-corrected chi connectivity index (χ0v) is 13.2. The minimum absolute atomic E-state index is 0.763. The van der Waals surface area contributed by atoms with E-state index in [1.54, 1.807) is 11.3 Å². The van der Waals surface area contributed by atoms with Crippen molar-refractivity contribution >= 4 is 18.5 Å². The van der Waals surface area contributed by atoms with E-state index >= 15 is 0 Å². The van der Waals surface area contributed by atoms with Crippen molar-refractivity contribution in [3.05, 3.63) is 52.0 Å². The number of rotatable bonds is 6. The highest BCUT2D eigenvalue weighted by Crippen LogP contribution is 2.36. The molecule has 4 heteroatoms. The molecule has 0 saturated carbocycles. The third-order valence-electron chi connectivity index (χ3n) is 2.98. The molecule has 2 rings (SSSR count). The van der Waals surface area contributed by atoms with E-state index in [0.29, 0.717) is 0 Å². The SMILES string of the molecule is CP(C)(=O)CCc1nc(CCc2ccccc2)cs1. The predicted molar refractivity (Wildman–Crippen MR) is 84.0 cm³/mol. The van der Waals surface area contributed by atoms with Crippen molar-refractivity contribution in [1.82, 2.24) is 4.98 Å². The Morgan fingerprint density at radius 1 is 1.11 bits per heavy atom. The molecule has 2 aromatic rings. The summed E-state index contributed by atoms with van der Waals surface area (Å²) in [6.45, 7) is 3.69. The molecule has 0 amide bonds. The van der Waals surface area contributed by atoms with E-state index in [0.717, 1.165) is 36.1 Å². The van der Waals surface area contributed by atoms with E-state index in [1.165, 1.54) is 5.56 Å². The van der Waals surface area contributed by atoms with Crippen LogP contribution in [0.5, 0.6) is 0 Å². The Bertz CT molecular complexity index is 559. The van der Waals surface area contributed by atoms with Gasteiger partial charge < -0.3 is 4.57 Å². The molecule has 0 radical (unpaired) electrons. The number of aromatic nitrogens is 1. The van der Waals surface area contributed by atoms with Gasteiger partial charge in [-0.25, -0.2) is 4.98 Å². The molecule has 0 aliphatic carbocycles. The lowest BCUT2D eigenvalue weighted by molar-refractivity contribution is 0.582. The largest absolute Gasteiger partial charge is 0.324 e. The third-order valence-corrected chi connectivity index (χ3v) is 5.23. The van der Waals surface area contributed by atoms with Crippen LogP contribution in [0.15, 0.2) is 35.7 Å². The number of thiazole rings is 1. The average molecular weight is 293 g/mol. The highest BCUT2D eigenvalue weighted by molar-refractivity contribution is 7.62. The van der Waals surface area contributed by atoms with Crippen LogP contribution in [-0.4, -0.2) is 24.5 Å². The first kappa shape index (κ1) is 14.5. The molecule has 0 saturated heterocycles. The molecule has 0 bridgehead atoms. The quantitative estimate of drug-likeness (QED) is 0.751. The summed E-state index contributed by atoms with van der Waals surface area (Å²) in [6.07, 6.45) is 3.62. The molecule has 0 N–H and O–H groups in total. The van der Waals surface area contributed by atoms with Crippen LogP contribution in [0.2, 0.25) is 0 Å². The molecule has 0 fully saturated rings. The van der Waals surface area contributed by atoms with Crippen LogP contribution < -0.4 is 0 Å². The molecule has 0 unspecified atom stereocenters. The first-order valence-corrected chi connectivity index (χ1v) is 10.2. The summed E-state index contributed by atoms with van der Waals surface area (Å²) in [6, 6.07) is 10.5. The maximum absolute atomic E-state index is 11.7. The fraction of sp³-hybridized carbons (Fsp3) is 0.400. The highest BCUT2D eigenvalue weighted by atomic mass is 32.1. The van der Waals surface area contributed by atoms with Gasteiger partial charge in [0.25, 0.3) is 0 Å². The summed E-state index contributed by atoms with van der Waals surface area (Å²) in [5.74, 6) is 0. The van der Waals surface area contributed by atoms with Crippen LogP contribution in [0.25, 0.3) is 0 Å². The standard InChI is InChI=1S/C15H20NOPS/c1-18(2,17)11-10-15-16-14(12-19-15)9-8-13-6-4-3-5-7-13/h3-7,12H,8-11H2,1-2H3.